The molecule has 1 unspecified atom stereocenters. The van der Waals surface area contributed by atoms with Crippen molar-refractivity contribution in [2.75, 3.05) is 0 Å². The van der Waals surface area contributed by atoms with Crippen LogP contribution in [0.1, 0.15) is 0 Å². The number of benzene rings is 1. The molecule has 0 fully saturated rings. The Morgan fingerprint density at radius 3 is 2.38 bits per heavy atom. The van der Waals surface area contributed by atoms with E-state index >= 15 is 0 Å². The molecule has 0 radical (unpaired) electrons. The lowest BCUT2D eigenvalue weighted by Crippen LogP contribution is -2.02. The Kier molecular flexibility index (Phi) is 2.89. The first-order valence-electron chi connectivity index (χ1n) is 2.93. The average Bonchev–Trinajstić information content (AvgIpc) is 2.06. The summed E-state index contributed by atoms with van der Waals surface area (Å²) in [6.45, 7) is 0. The third kappa shape index (κ3) is 2.19. The molecule has 0 saturated heterocycles. The molecule has 0 spiro atoms. The zero-order valence-electron chi connectivity index (χ0n) is 5.92. The van der Waals surface area contributed by atoms with Crippen LogP contribution in [0.25, 0.3) is 0 Å². The minimum Gasteiger partial charge on any atom is -0.740 e. The van der Waals surface area contributed by atoms with Crippen LogP contribution < -0.4 is 4.18 Å². The molecule has 1 aromatic carbocycles. The highest BCUT2D eigenvalue weighted by Gasteiger charge is 2.14. The van der Waals surface area contributed by atoms with Crippen LogP contribution in [0.4, 0.5) is 13.2 Å². The van der Waals surface area contributed by atoms with Crippen molar-refractivity contribution < 1.29 is 26.1 Å². The fraction of sp³-hybridized carbons (Fsp3) is 0. The van der Waals surface area contributed by atoms with Crippen molar-refractivity contribution in [1.82, 2.24) is 0 Å². The summed E-state index contributed by atoms with van der Waals surface area (Å²) in [5, 5.41) is 0. The SMILES string of the molecule is O=S([O-])Oc1ccc(F)c(F)c1F. The van der Waals surface area contributed by atoms with E-state index in [1.807, 2.05) is 0 Å². The second-order valence-electron chi connectivity index (χ2n) is 1.96. The van der Waals surface area contributed by atoms with Crippen molar-refractivity contribution >= 4 is 11.4 Å². The second-order valence-corrected chi connectivity index (χ2v) is 2.54. The molecule has 13 heavy (non-hydrogen) atoms. The van der Waals surface area contributed by atoms with Gasteiger partial charge in [-0.15, -0.1) is 0 Å². The van der Waals surface area contributed by atoms with Gasteiger partial charge >= 0.3 is 0 Å². The van der Waals surface area contributed by atoms with Gasteiger partial charge in [0.2, 0.25) is 5.82 Å². The van der Waals surface area contributed by atoms with Crippen molar-refractivity contribution in [2.45, 2.75) is 0 Å². The molecule has 1 atom stereocenters. The van der Waals surface area contributed by atoms with Crippen molar-refractivity contribution in [2.24, 2.45) is 0 Å². The summed E-state index contributed by atoms with van der Waals surface area (Å²) in [6.07, 6.45) is 0. The van der Waals surface area contributed by atoms with Crippen LogP contribution in [0.3, 0.4) is 0 Å². The van der Waals surface area contributed by atoms with E-state index in [4.69, 9.17) is 0 Å². The second kappa shape index (κ2) is 3.75. The Morgan fingerprint density at radius 1 is 1.23 bits per heavy atom. The van der Waals surface area contributed by atoms with Gasteiger partial charge in [0.25, 0.3) is 0 Å². The molecule has 7 heteroatoms. The molecular weight excluding hydrogens is 209 g/mol. The summed E-state index contributed by atoms with van der Waals surface area (Å²) in [6, 6.07) is 1.23. The number of hydrogen-bond donors (Lipinski definition) is 0. The molecule has 0 aromatic heterocycles. The van der Waals surface area contributed by atoms with E-state index in [9.17, 15) is 21.9 Å². The van der Waals surface area contributed by atoms with Gasteiger partial charge in [-0.1, -0.05) is 0 Å². The monoisotopic (exact) mass is 211 g/mol. The lowest BCUT2D eigenvalue weighted by Gasteiger charge is -2.07. The van der Waals surface area contributed by atoms with Crippen LogP contribution in [-0.2, 0) is 11.4 Å². The van der Waals surface area contributed by atoms with Crippen molar-refractivity contribution in [1.29, 1.82) is 0 Å². The molecule has 1 rings (SSSR count). The van der Waals surface area contributed by atoms with Gasteiger partial charge in [0.05, 0.1) is 0 Å². The minimum atomic E-state index is -3.02. The summed E-state index contributed by atoms with van der Waals surface area (Å²) in [4.78, 5) is 0. The summed E-state index contributed by atoms with van der Waals surface area (Å²) < 4.78 is 60.9. The smallest absolute Gasteiger partial charge is 0.205 e. The van der Waals surface area contributed by atoms with Crippen LogP contribution in [0, 0.1) is 17.5 Å². The summed E-state index contributed by atoms with van der Waals surface area (Å²) in [5.41, 5.74) is 0. The maximum absolute atomic E-state index is 12.6. The number of rotatable bonds is 2. The van der Waals surface area contributed by atoms with Crippen molar-refractivity contribution in [3.8, 4) is 5.75 Å². The van der Waals surface area contributed by atoms with Gasteiger partial charge in [-0.25, -0.2) is 13.0 Å². The number of hydrogen-bond acceptors (Lipinski definition) is 3. The minimum absolute atomic E-state index is 0.556. The molecule has 0 aliphatic heterocycles. The molecule has 0 heterocycles. The maximum atomic E-state index is 12.6. The van der Waals surface area contributed by atoms with E-state index < -0.39 is 34.6 Å². The highest BCUT2D eigenvalue weighted by atomic mass is 32.2. The quantitative estimate of drug-likeness (QED) is 0.546. The van der Waals surface area contributed by atoms with Gasteiger partial charge in [0.1, 0.15) is 11.4 Å². The Balaban J connectivity index is 3.10. The summed E-state index contributed by atoms with van der Waals surface area (Å²) >= 11 is -3.02. The molecule has 0 aliphatic rings. The topological polar surface area (TPSA) is 49.4 Å². The molecule has 0 N–H and O–H groups in total. The van der Waals surface area contributed by atoms with Gasteiger partial charge in [-0.2, -0.15) is 4.39 Å². The van der Waals surface area contributed by atoms with Crippen LogP contribution in [0.15, 0.2) is 12.1 Å². The Hall–Kier alpha value is -1.08. The van der Waals surface area contributed by atoms with Crippen LogP contribution in [0.5, 0.6) is 5.75 Å². The molecule has 0 bridgehead atoms. The Morgan fingerprint density at radius 2 is 1.85 bits per heavy atom. The van der Waals surface area contributed by atoms with E-state index in [2.05, 4.69) is 4.18 Å². The number of halogens is 3. The first-order chi connectivity index (χ1) is 6.02. The third-order valence-electron chi connectivity index (χ3n) is 1.16. The van der Waals surface area contributed by atoms with E-state index in [1.165, 1.54) is 0 Å². The summed E-state index contributed by atoms with van der Waals surface area (Å²) in [7, 11) is 0. The van der Waals surface area contributed by atoms with Crippen molar-refractivity contribution in [3.05, 3.63) is 29.6 Å². The third-order valence-corrected chi connectivity index (χ3v) is 1.47. The summed E-state index contributed by atoms with van der Waals surface area (Å²) in [5.74, 6) is -5.75. The predicted octanol–water partition coefficient (Wildman–Crippen LogP) is 1.28. The molecule has 0 saturated carbocycles. The fourth-order valence-electron chi connectivity index (χ4n) is 0.646. The van der Waals surface area contributed by atoms with Gasteiger partial charge in [-0.3, -0.25) is 0 Å². The molecular formula is C6H2F3O3S-. The normalized spacial score (nSPS) is 12.6. The zero-order chi connectivity index (χ0) is 10.0. The van der Waals surface area contributed by atoms with E-state index in [0.717, 1.165) is 0 Å². The standard InChI is InChI=1S/C6H3F3O3S/c7-3-1-2-4(12-13(10)11)6(9)5(3)8/h1-2H,(H,10,11)/p-1. The fourth-order valence-corrected chi connectivity index (χ4v) is 0.921. The van der Waals surface area contributed by atoms with Crippen molar-refractivity contribution in [3.63, 3.8) is 0 Å². The van der Waals surface area contributed by atoms with Crippen LogP contribution >= 0.6 is 0 Å². The average molecular weight is 211 g/mol. The maximum Gasteiger partial charge on any atom is 0.205 e. The Labute approximate surface area is 73.6 Å². The van der Waals surface area contributed by atoms with E-state index in [1.54, 1.807) is 0 Å². The van der Waals surface area contributed by atoms with Gasteiger partial charge in [0.15, 0.2) is 17.4 Å². The zero-order valence-corrected chi connectivity index (χ0v) is 6.74. The van der Waals surface area contributed by atoms with E-state index in [-0.39, 0.29) is 0 Å². The lowest BCUT2D eigenvalue weighted by atomic mass is 10.3. The van der Waals surface area contributed by atoms with E-state index in [0.29, 0.717) is 12.1 Å². The predicted molar refractivity (Wildman–Crippen MR) is 35.9 cm³/mol. The first-order valence-corrected chi connectivity index (χ1v) is 3.93. The van der Waals surface area contributed by atoms with Crippen LogP contribution in [-0.4, -0.2) is 8.76 Å². The lowest BCUT2D eigenvalue weighted by molar-refractivity contribution is 0.397. The van der Waals surface area contributed by atoms with Gasteiger partial charge in [0, 0.05) is 0 Å². The van der Waals surface area contributed by atoms with Gasteiger partial charge in [-0.05, 0) is 12.1 Å². The highest BCUT2D eigenvalue weighted by molar-refractivity contribution is 7.74. The molecule has 0 amide bonds. The molecule has 3 nitrogen and oxygen atoms in total. The highest BCUT2D eigenvalue weighted by Crippen LogP contribution is 2.21. The largest absolute Gasteiger partial charge is 0.740 e. The molecule has 72 valence electrons. The molecule has 1 aromatic rings. The Bertz CT molecular complexity index is 355. The first kappa shape index (κ1) is 10.0. The van der Waals surface area contributed by atoms with Crippen LogP contribution in [0.2, 0.25) is 0 Å². The van der Waals surface area contributed by atoms with Gasteiger partial charge < -0.3 is 8.74 Å². The molecule has 0 aliphatic carbocycles.